The first kappa shape index (κ1) is 16.7. The number of fused-ring (bicyclic) bond motifs is 1. The molecule has 3 aromatic rings. The normalized spacial score (nSPS) is 10.6. The van der Waals surface area contributed by atoms with Crippen LogP contribution in [-0.4, -0.2) is 29.9 Å². The van der Waals surface area contributed by atoms with Crippen LogP contribution in [0.2, 0.25) is 0 Å². The van der Waals surface area contributed by atoms with E-state index in [9.17, 15) is 14.0 Å². The van der Waals surface area contributed by atoms with Crippen LogP contribution in [0.5, 0.6) is 0 Å². The van der Waals surface area contributed by atoms with Crippen molar-refractivity contribution in [2.75, 3.05) is 13.1 Å². The van der Waals surface area contributed by atoms with Crippen molar-refractivity contribution in [3.8, 4) is 0 Å². The lowest BCUT2D eigenvalue weighted by molar-refractivity contribution is 0.0948. The van der Waals surface area contributed by atoms with E-state index in [4.69, 9.17) is 0 Å². The zero-order chi connectivity index (χ0) is 17.6. The van der Waals surface area contributed by atoms with E-state index in [0.29, 0.717) is 25.2 Å². The predicted octanol–water partition coefficient (Wildman–Crippen LogP) is 2.86. The van der Waals surface area contributed by atoms with Crippen LogP contribution in [0.25, 0.3) is 10.9 Å². The number of hydrogen-bond acceptors (Lipinski definition) is 2. The Morgan fingerprint density at radius 3 is 2.44 bits per heavy atom. The Morgan fingerprint density at radius 2 is 1.68 bits per heavy atom. The number of nitrogens with one attached hydrogen (secondary N) is 3. The van der Waals surface area contributed by atoms with Crippen LogP contribution in [0.15, 0.2) is 54.6 Å². The van der Waals surface area contributed by atoms with Gasteiger partial charge in [-0.15, -0.1) is 0 Å². The van der Waals surface area contributed by atoms with Crippen LogP contribution in [0, 0.1) is 5.82 Å². The summed E-state index contributed by atoms with van der Waals surface area (Å²) in [6.45, 7) is 0.819. The average molecular weight is 339 g/mol. The van der Waals surface area contributed by atoms with Crippen LogP contribution in [0.1, 0.15) is 27.3 Å². The van der Waals surface area contributed by atoms with E-state index in [1.165, 1.54) is 18.2 Å². The number of rotatable bonds is 6. The highest BCUT2D eigenvalue weighted by Crippen LogP contribution is 2.14. The van der Waals surface area contributed by atoms with E-state index < -0.39 is 5.82 Å². The van der Waals surface area contributed by atoms with Gasteiger partial charge in [0.2, 0.25) is 0 Å². The van der Waals surface area contributed by atoms with Gasteiger partial charge in [0, 0.05) is 29.6 Å². The number of H-pyrrole nitrogens is 1. The van der Waals surface area contributed by atoms with E-state index >= 15 is 0 Å². The highest BCUT2D eigenvalue weighted by atomic mass is 19.1. The molecule has 128 valence electrons. The summed E-state index contributed by atoms with van der Waals surface area (Å²) in [6.07, 6.45) is 0.576. The second-order valence-corrected chi connectivity index (χ2v) is 5.65. The molecule has 0 aliphatic carbocycles. The summed E-state index contributed by atoms with van der Waals surface area (Å²) < 4.78 is 13.1. The highest BCUT2D eigenvalue weighted by Gasteiger charge is 2.09. The smallest absolute Gasteiger partial charge is 0.267 e. The molecule has 6 heteroatoms. The zero-order valence-electron chi connectivity index (χ0n) is 13.5. The van der Waals surface area contributed by atoms with Crippen molar-refractivity contribution in [1.29, 1.82) is 0 Å². The fourth-order valence-electron chi connectivity index (χ4n) is 2.51. The SMILES string of the molecule is O=C(NCCCNC(=O)c1cc2ccccc2[nH]1)c1cccc(F)c1. The Kier molecular flexibility index (Phi) is 5.09. The molecule has 0 saturated carbocycles. The van der Waals surface area contributed by atoms with Gasteiger partial charge in [-0.2, -0.15) is 0 Å². The number of halogens is 1. The van der Waals surface area contributed by atoms with E-state index in [1.807, 2.05) is 24.3 Å². The largest absolute Gasteiger partial charge is 0.352 e. The third-order valence-electron chi connectivity index (χ3n) is 3.79. The Balaban J connectivity index is 1.42. The van der Waals surface area contributed by atoms with E-state index in [1.54, 1.807) is 12.1 Å². The molecule has 3 N–H and O–H groups in total. The number of benzene rings is 2. The number of para-hydroxylation sites is 1. The zero-order valence-corrected chi connectivity index (χ0v) is 13.5. The van der Waals surface area contributed by atoms with Gasteiger partial charge in [0.05, 0.1) is 0 Å². The van der Waals surface area contributed by atoms with Crippen LogP contribution in [0.3, 0.4) is 0 Å². The standard InChI is InChI=1S/C19H18FN3O2/c20-15-7-3-6-14(11-15)18(24)21-9-4-10-22-19(25)17-12-13-5-1-2-8-16(13)23-17/h1-3,5-8,11-12,23H,4,9-10H2,(H,21,24)(H,22,25). The van der Waals surface area contributed by atoms with Crippen molar-refractivity contribution in [2.24, 2.45) is 0 Å². The number of carbonyl (C=O) groups is 2. The van der Waals surface area contributed by atoms with Crippen LogP contribution < -0.4 is 10.6 Å². The molecule has 0 unspecified atom stereocenters. The number of amides is 2. The number of aromatic nitrogens is 1. The summed E-state index contributed by atoms with van der Waals surface area (Å²) in [5.41, 5.74) is 1.70. The molecule has 5 nitrogen and oxygen atoms in total. The third kappa shape index (κ3) is 4.23. The summed E-state index contributed by atoms with van der Waals surface area (Å²) in [4.78, 5) is 27.0. The molecule has 1 heterocycles. The Morgan fingerprint density at radius 1 is 0.920 bits per heavy atom. The minimum atomic E-state index is -0.446. The van der Waals surface area contributed by atoms with Crippen molar-refractivity contribution in [2.45, 2.75) is 6.42 Å². The lowest BCUT2D eigenvalue weighted by Crippen LogP contribution is -2.30. The highest BCUT2D eigenvalue weighted by molar-refractivity contribution is 5.98. The van der Waals surface area contributed by atoms with Crippen LogP contribution >= 0.6 is 0 Å². The molecule has 0 saturated heterocycles. The summed E-state index contributed by atoms with van der Waals surface area (Å²) in [7, 11) is 0. The first-order valence-electron chi connectivity index (χ1n) is 8.03. The second-order valence-electron chi connectivity index (χ2n) is 5.65. The Hall–Kier alpha value is -3.15. The molecule has 0 spiro atoms. The lowest BCUT2D eigenvalue weighted by atomic mass is 10.2. The fourth-order valence-corrected chi connectivity index (χ4v) is 2.51. The molecule has 0 atom stereocenters. The van der Waals surface area contributed by atoms with Gasteiger partial charge in [-0.1, -0.05) is 24.3 Å². The molecular formula is C19H18FN3O2. The molecule has 2 amide bonds. The van der Waals surface area contributed by atoms with Gasteiger partial charge in [-0.3, -0.25) is 9.59 Å². The number of carbonyl (C=O) groups excluding carboxylic acids is 2. The Bertz CT molecular complexity index is 871. The monoisotopic (exact) mass is 339 g/mol. The first-order chi connectivity index (χ1) is 12.1. The van der Waals surface area contributed by atoms with Crippen molar-refractivity contribution in [3.05, 3.63) is 71.7 Å². The van der Waals surface area contributed by atoms with Crippen LogP contribution in [-0.2, 0) is 0 Å². The molecular weight excluding hydrogens is 321 g/mol. The summed E-state index contributed by atoms with van der Waals surface area (Å²) >= 11 is 0. The van der Waals surface area contributed by atoms with Gasteiger partial charge in [-0.25, -0.2) is 4.39 Å². The van der Waals surface area contributed by atoms with Gasteiger partial charge in [0.1, 0.15) is 11.5 Å². The molecule has 0 aliphatic rings. The summed E-state index contributed by atoms with van der Waals surface area (Å²) in [6, 6.07) is 15.0. The van der Waals surface area contributed by atoms with Gasteiger partial charge >= 0.3 is 0 Å². The quantitative estimate of drug-likeness (QED) is 0.604. The predicted molar refractivity (Wildman–Crippen MR) is 94.0 cm³/mol. The first-order valence-corrected chi connectivity index (χ1v) is 8.03. The fraction of sp³-hybridized carbons (Fsp3) is 0.158. The summed E-state index contributed by atoms with van der Waals surface area (Å²) in [5.74, 6) is -0.965. The second kappa shape index (κ2) is 7.61. The van der Waals surface area contributed by atoms with E-state index in [-0.39, 0.29) is 17.4 Å². The van der Waals surface area contributed by atoms with Gasteiger partial charge in [0.25, 0.3) is 11.8 Å². The lowest BCUT2D eigenvalue weighted by Gasteiger charge is -2.06. The maximum atomic E-state index is 13.1. The van der Waals surface area contributed by atoms with Gasteiger partial charge in [-0.05, 0) is 36.8 Å². The topological polar surface area (TPSA) is 74.0 Å². The van der Waals surface area contributed by atoms with Crippen molar-refractivity contribution in [3.63, 3.8) is 0 Å². The molecule has 0 fully saturated rings. The minimum Gasteiger partial charge on any atom is -0.352 e. The molecule has 0 bridgehead atoms. The maximum absolute atomic E-state index is 13.1. The van der Waals surface area contributed by atoms with E-state index in [0.717, 1.165) is 10.9 Å². The van der Waals surface area contributed by atoms with Crippen molar-refractivity contribution < 1.29 is 14.0 Å². The number of aromatic amines is 1. The molecule has 0 radical (unpaired) electrons. The molecule has 2 aromatic carbocycles. The Labute approximate surface area is 144 Å². The minimum absolute atomic E-state index is 0.187. The van der Waals surface area contributed by atoms with Crippen molar-refractivity contribution >= 4 is 22.7 Å². The summed E-state index contributed by atoms with van der Waals surface area (Å²) in [5, 5.41) is 6.48. The molecule has 3 rings (SSSR count). The molecule has 0 aliphatic heterocycles. The van der Waals surface area contributed by atoms with Gasteiger partial charge in [0.15, 0.2) is 0 Å². The molecule has 1 aromatic heterocycles. The van der Waals surface area contributed by atoms with Crippen LogP contribution in [0.4, 0.5) is 4.39 Å². The van der Waals surface area contributed by atoms with Gasteiger partial charge < -0.3 is 15.6 Å². The average Bonchev–Trinajstić information content (AvgIpc) is 3.05. The van der Waals surface area contributed by atoms with E-state index in [2.05, 4.69) is 15.6 Å². The number of hydrogen-bond donors (Lipinski definition) is 3. The maximum Gasteiger partial charge on any atom is 0.267 e. The third-order valence-corrected chi connectivity index (χ3v) is 3.79. The molecule has 25 heavy (non-hydrogen) atoms. The van der Waals surface area contributed by atoms with Crippen molar-refractivity contribution in [1.82, 2.24) is 15.6 Å².